The zero-order valence-corrected chi connectivity index (χ0v) is 10.1. The predicted molar refractivity (Wildman–Crippen MR) is 58.9 cm³/mol. The number of hydrogen-bond donors (Lipinski definition) is 2. The molecule has 0 saturated heterocycles. The van der Waals surface area contributed by atoms with Crippen molar-refractivity contribution in [2.45, 2.75) is 25.9 Å². The van der Waals surface area contributed by atoms with Gasteiger partial charge in [-0.2, -0.15) is 22.5 Å². The summed E-state index contributed by atoms with van der Waals surface area (Å²) in [6.07, 6.45) is -2.90. The molecule has 0 fully saturated rings. The van der Waals surface area contributed by atoms with Crippen molar-refractivity contribution >= 4 is 16.7 Å². The molecule has 0 amide bonds. The van der Waals surface area contributed by atoms with Crippen LogP contribution >= 0.6 is 11.5 Å². The van der Waals surface area contributed by atoms with Gasteiger partial charge in [0.1, 0.15) is 0 Å². The van der Waals surface area contributed by atoms with Crippen molar-refractivity contribution in [2.24, 2.45) is 5.92 Å². The SMILES string of the molecule is CC(CO)CCCNc1nc(C(F)(F)F)ns1. The first kappa shape index (κ1) is 14.2. The lowest BCUT2D eigenvalue weighted by atomic mass is 10.1. The van der Waals surface area contributed by atoms with Gasteiger partial charge in [0, 0.05) is 24.7 Å². The molecule has 2 N–H and O–H groups in total. The lowest BCUT2D eigenvalue weighted by Crippen LogP contribution is -2.09. The van der Waals surface area contributed by atoms with Gasteiger partial charge < -0.3 is 10.4 Å². The molecule has 0 aromatic carbocycles. The summed E-state index contributed by atoms with van der Waals surface area (Å²) in [4.78, 5) is 3.34. The molecule has 1 aromatic heterocycles. The molecule has 8 heteroatoms. The number of aliphatic hydroxyl groups is 1. The fraction of sp³-hybridized carbons (Fsp3) is 0.778. The van der Waals surface area contributed by atoms with E-state index in [0.29, 0.717) is 18.1 Å². The predicted octanol–water partition coefficient (Wildman–Crippen LogP) is 2.38. The molecule has 17 heavy (non-hydrogen) atoms. The second kappa shape index (κ2) is 6.15. The van der Waals surface area contributed by atoms with E-state index in [1.165, 1.54) is 0 Å². The van der Waals surface area contributed by atoms with E-state index in [4.69, 9.17) is 5.11 Å². The Labute approximate surface area is 101 Å². The first-order chi connectivity index (χ1) is 7.93. The highest BCUT2D eigenvalue weighted by Crippen LogP contribution is 2.28. The molecule has 98 valence electrons. The summed E-state index contributed by atoms with van der Waals surface area (Å²) in [5.41, 5.74) is 0. The van der Waals surface area contributed by atoms with E-state index in [9.17, 15) is 13.2 Å². The average Bonchev–Trinajstić information content (AvgIpc) is 2.72. The van der Waals surface area contributed by atoms with Crippen molar-refractivity contribution < 1.29 is 18.3 Å². The second-order valence-electron chi connectivity index (χ2n) is 3.78. The summed E-state index contributed by atoms with van der Waals surface area (Å²) in [6, 6.07) is 0. The largest absolute Gasteiger partial charge is 0.452 e. The first-order valence-corrected chi connectivity index (χ1v) is 5.96. The molecular weight excluding hydrogens is 255 g/mol. The molecule has 1 rings (SSSR count). The smallest absolute Gasteiger partial charge is 0.396 e. The highest BCUT2D eigenvalue weighted by Gasteiger charge is 2.36. The molecule has 0 aliphatic heterocycles. The van der Waals surface area contributed by atoms with Gasteiger partial charge in [0.25, 0.3) is 0 Å². The van der Waals surface area contributed by atoms with Crippen molar-refractivity contribution in [1.29, 1.82) is 0 Å². The molecule has 1 aromatic rings. The Balaban J connectivity index is 2.31. The molecule has 1 heterocycles. The van der Waals surface area contributed by atoms with Crippen LogP contribution in [-0.2, 0) is 6.18 Å². The van der Waals surface area contributed by atoms with Gasteiger partial charge in [-0.25, -0.2) is 0 Å². The first-order valence-electron chi connectivity index (χ1n) is 5.19. The summed E-state index contributed by atoms with van der Waals surface area (Å²) in [5, 5.41) is 11.7. The number of rotatable bonds is 6. The Morgan fingerprint density at radius 1 is 1.47 bits per heavy atom. The van der Waals surface area contributed by atoms with Crippen LogP contribution in [0.25, 0.3) is 0 Å². The zero-order valence-electron chi connectivity index (χ0n) is 9.29. The van der Waals surface area contributed by atoms with Crippen LogP contribution < -0.4 is 5.32 Å². The Bertz CT molecular complexity index is 342. The highest BCUT2D eigenvalue weighted by molar-refractivity contribution is 7.09. The van der Waals surface area contributed by atoms with Crippen LogP contribution in [0.3, 0.4) is 0 Å². The number of aromatic nitrogens is 2. The van der Waals surface area contributed by atoms with Crippen molar-refractivity contribution in [1.82, 2.24) is 9.36 Å². The standard InChI is InChI=1S/C9H14F3N3OS/c1-6(5-16)3-2-4-13-8-14-7(15-17-8)9(10,11)12/h6,16H,2-5H2,1H3,(H,13,14,15). The third kappa shape index (κ3) is 4.86. The minimum Gasteiger partial charge on any atom is -0.396 e. The van der Waals surface area contributed by atoms with Gasteiger partial charge >= 0.3 is 6.18 Å². The van der Waals surface area contributed by atoms with Crippen LogP contribution in [0.2, 0.25) is 0 Å². The Hall–Kier alpha value is -0.890. The number of aliphatic hydroxyl groups excluding tert-OH is 1. The molecule has 0 spiro atoms. The van der Waals surface area contributed by atoms with Crippen LogP contribution in [-0.4, -0.2) is 27.6 Å². The average molecular weight is 269 g/mol. The van der Waals surface area contributed by atoms with E-state index in [2.05, 4.69) is 14.7 Å². The number of anilines is 1. The quantitative estimate of drug-likeness (QED) is 0.778. The lowest BCUT2D eigenvalue weighted by Gasteiger charge is -2.07. The number of halogens is 3. The van der Waals surface area contributed by atoms with Gasteiger partial charge in [0.2, 0.25) is 11.0 Å². The maximum Gasteiger partial charge on any atom is 0.452 e. The van der Waals surface area contributed by atoms with Gasteiger partial charge in [-0.3, -0.25) is 0 Å². The van der Waals surface area contributed by atoms with Crippen molar-refractivity contribution in [3.8, 4) is 0 Å². The summed E-state index contributed by atoms with van der Waals surface area (Å²) in [6.45, 7) is 2.56. The maximum atomic E-state index is 12.2. The van der Waals surface area contributed by atoms with Crippen molar-refractivity contribution in [3.63, 3.8) is 0 Å². The Morgan fingerprint density at radius 2 is 2.18 bits per heavy atom. The molecule has 0 saturated carbocycles. The summed E-state index contributed by atoms with van der Waals surface area (Å²) >= 11 is 0.699. The number of nitrogens with zero attached hydrogens (tertiary/aromatic N) is 2. The highest BCUT2D eigenvalue weighted by atomic mass is 32.1. The zero-order chi connectivity index (χ0) is 12.9. The normalized spacial score (nSPS) is 13.7. The monoisotopic (exact) mass is 269 g/mol. The minimum atomic E-state index is -4.48. The molecule has 4 nitrogen and oxygen atoms in total. The second-order valence-corrected chi connectivity index (χ2v) is 4.53. The molecule has 0 radical (unpaired) electrons. The van der Waals surface area contributed by atoms with E-state index in [0.717, 1.165) is 12.8 Å². The maximum absolute atomic E-state index is 12.2. The van der Waals surface area contributed by atoms with Gasteiger partial charge in [0.15, 0.2) is 0 Å². The van der Waals surface area contributed by atoms with E-state index < -0.39 is 12.0 Å². The van der Waals surface area contributed by atoms with Crippen LogP contribution in [0.1, 0.15) is 25.6 Å². The lowest BCUT2D eigenvalue weighted by molar-refractivity contribution is -0.144. The van der Waals surface area contributed by atoms with Gasteiger partial charge in [-0.15, -0.1) is 0 Å². The fourth-order valence-electron chi connectivity index (χ4n) is 1.15. The van der Waals surface area contributed by atoms with E-state index in [1.807, 2.05) is 6.92 Å². The van der Waals surface area contributed by atoms with Crippen LogP contribution in [0.15, 0.2) is 0 Å². The third-order valence-corrected chi connectivity index (χ3v) is 2.81. The number of nitrogens with one attached hydrogen (secondary N) is 1. The van der Waals surface area contributed by atoms with Crippen molar-refractivity contribution in [3.05, 3.63) is 5.82 Å². The summed E-state index contributed by atoms with van der Waals surface area (Å²) < 4.78 is 39.7. The van der Waals surface area contributed by atoms with E-state index in [-0.39, 0.29) is 17.7 Å². The van der Waals surface area contributed by atoms with Gasteiger partial charge in [-0.05, 0) is 18.8 Å². The Morgan fingerprint density at radius 3 is 2.71 bits per heavy atom. The minimum absolute atomic E-state index is 0.122. The fourth-order valence-corrected chi connectivity index (χ4v) is 1.76. The van der Waals surface area contributed by atoms with Crippen LogP contribution in [0.5, 0.6) is 0 Å². The molecule has 1 atom stereocenters. The summed E-state index contributed by atoms with van der Waals surface area (Å²) in [5.74, 6) is -0.898. The van der Waals surface area contributed by atoms with E-state index >= 15 is 0 Å². The van der Waals surface area contributed by atoms with E-state index in [1.54, 1.807) is 0 Å². The molecule has 1 unspecified atom stereocenters. The molecule has 0 aliphatic carbocycles. The molecular formula is C9H14F3N3OS. The Kier molecular flexibility index (Phi) is 5.13. The van der Waals surface area contributed by atoms with Crippen LogP contribution in [0, 0.1) is 5.92 Å². The van der Waals surface area contributed by atoms with Gasteiger partial charge in [0.05, 0.1) is 0 Å². The third-order valence-electron chi connectivity index (χ3n) is 2.14. The molecule has 0 bridgehead atoms. The molecule has 0 aliphatic rings. The van der Waals surface area contributed by atoms with Gasteiger partial charge in [-0.1, -0.05) is 6.92 Å². The number of alkyl halides is 3. The summed E-state index contributed by atoms with van der Waals surface area (Å²) in [7, 11) is 0. The topological polar surface area (TPSA) is 58.0 Å². The van der Waals surface area contributed by atoms with Crippen LogP contribution in [0.4, 0.5) is 18.3 Å². The van der Waals surface area contributed by atoms with Crippen molar-refractivity contribution in [2.75, 3.05) is 18.5 Å². The number of hydrogen-bond acceptors (Lipinski definition) is 5.